The predicted octanol–water partition coefficient (Wildman–Crippen LogP) is 3.38. The van der Waals surface area contributed by atoms with Crippen molar-refractivity contribution < 1.29 is 4.74 Å². The van der Waals surface area contributed by atoms with E-state index in [4.69, 9.17) is 9.72 Å². The molecule has 2 aromatic heterocycles. The summed E-state index contributed by atoms with van der Waals surface area (Å²) in [6.07, 6.45) is 4.72. The van der Waals surface area contributed by atoms with Crippen LogP contribution in [-0.2, 0) is 4.74 Å². The van der Waals surface area contributed by atoms with Crippen molar-refractivity contribution in [1.29, 1.82) is 0 Å². The van der Waals surface area contributed by atoms with Crippen LogP contribution in [0.3, 0.4) is 0 Å². The molecule has 110 valence electrons. The molecule has 2 fully saturated rings. The third-order valence-electron chi connectivity index (χ3n) is 4.10. The Balaban J connectivity index is 1.57. The first-order chi connectivity index (χ1) is 10.3. The number of aromatic nitrogens is 2. The average Bonchev–Trinajstić information content (AvgIpc) is 3.21. The van der Waals surface area contributed by atoms with Crippen molar-refractivity contribution in [2.45, 2.75) is 37.9 Å². The van der Waals surface area contributed by atoms with Crippen LogP contribution in [-0.4, -0.2) is 29.2 Å². The van der Waals surface area contributed by atoms with Crippen molar-refractivity contribution in [3.63, 3.8) is 0 Å². The van der Waals surface area contributed by atoms with Gasteiger partial charge in [-0.25, -0.2) is 9.97 Å². The number of thiophene rings is 1. The lowest BCUT2D eigenvalue weighted by Gasteiger charge is -2.37. The lowest BCUT2D eigenvalue weighted by molar-refractivity contribution is -0.0174. The molecular weight excluding hydrogens is 282 g/mol. The van der Waals surface area contributed by atoms with Crippen molar-refractivity contribution in [2.24, 2.45) is 0 Å². The van der Waals surface area contributed by atoms with Crippen LogP contribution in [0.5, 0.6) is 0 Å². The van der Waals surface area contributed by atoms with E-state index in [0.29, 0.717) is 5.92 Å². The monoisotopic (exact) mass is 301 g/mol. The molecule has 1 aliphatic carbocycles. The van der Waals surface area contributed by atoms with Crippen LogP contribution in [0.4, 0.5) is 5.82 Å². The van der Waals surface area contributed by atoms with Gasteiger partial charge in [-0.15, -0.1) is 0 Å². The zero-order valence-corrected chi connectivity index (χ0v) is 12.9. The summed E-state index contributed by atoms with van der Waals surface area (Å²) in [7, 11) is 0. The maximum atomic E-state index is 6.09. The van der Waals surface area contributed by atoms with Crippen molar-refractivity contribution in [3.05, 3.63) is 40.5 Å². The van der Waals surface area contributed by atoms with E-state index >= 15 is 0 Å². The van der Waals surface area contributed by atoms with Gasteiger partial charge in [0.25, 0.3) is 0 Å². The summed E-state index contributed by atoms with van der Waals surface area (Å²) in [4.78, 5) is 11.5. The van der Waals surface area contributed by atoms with Gasteiger partial charge in [0.05, 0.1) is 6.10 Å². The van der Waals surface area contributed by atoms with E-state index in [0.717, 1.165) is 24.7 Å². The van der Waals surface area contributed by atoms with Gasteiger partial charge in [-0.05, 0) is 48.2 Å². The van der Waals surface area contributed by atoms with Crippen LogP contribution < -0.4 is 4.90 Å². The topological polar surface area (TPSA) is 38.2 Å². The fraction of sp³-hybridized carbons (Fsp3) is 0.500. The largest absolute Gasteiger partial charge is 0.367 e. The molecule has 1 aliphatic heterocycles. The Labute approximate surface area is 128 Å². The molecule has 2 aliphatic rings. The van der Waals surface area contributed by atoms with E-state index in [1.54, 1.807) is 11.3 Å². The van der Waals surface area contributed by atoms with Crippen LogP contribution in [0.15, 0.2) is 29.1 Å². The lowest BCUT2D eigenvalue weighted by Crippen LogP contribution is -2.43. The van der Waals surface area contributed by atoms with E-state index in [9.17, 15) is 0 Å². The minimum absolute atomic E-state index is 0.138. The van der Waals surface area contributed by atoms with Crippen LogP contribution in [0.1, 0.15) is 43.2 Å². The molecule has 0 aromatic carbocycles. The third kappa shape index (κ3) is 2.80. The first-order valence-electron chi connectivity index (χ1n) is 7.55. The fourth-order valence-electron chi connectivity index (χ4n) is 2.86. The lowest BCUT2D eigenvalue weighted by atomic mass is 10.1. The molecule has 4 nitrogen and oxygen atoms in total. The molecule has 4 rings (SSSR count). The Bertz CT molecular complexity index is 612. The van der Waals surface area contributed by atoms with E-state index in [1.165, 1.54) is 18.4 Å². The van der Waals surface area contributed by atoms with Gasteiger partial charge in [-0.2, -0.15) is 11.3 Å². The molecule has 21 heavy (non-hydrogen) atoms. The summed E-state index contributed by atoms with van der Waals surface area (Å²) in [5, 5.41) is 4.29. The second-order valence-corrected chi connectivity index (χ2v) is 6.72. The van der Waals surface area contributed by atoms with Gasteiger partial charge in [0.15, 0.2) is 0 Å². The van der Waals surface area contributed by atoms with Crippen molar-refractivity contribution in [3.8, 4) is 0 Å². The molecule has 1 saturated heterocycles. The van der Waals surface area contributed by atoms with Gasteiger partial charge in [0.1, 0.15) is 17.7 Å². The SMILES string of the molecule is CC1CN(c2ccnc(C3CC3)n2)CC(c2ccsc2)O1. The number of hydrogen-bond acceptors (Lipinski definition) is 5. The van der Waals surface area contributed by atoms with Crippen molar-refractivity contribution in [1.82, 2.24) is 9.97 Å². The van der Waals surface area contributed by atoms with Gasteiger partial charge >= 0.3 is 0 Å². The molecule has 2 unspecified atom stereocenters. The van der Waals surface area contributed by atoms with E-state index in [2.05, 4.69) is 33.6 Å². The van der Waals surface area contributed by atoms with Crippen LogP contribution >= 0.6 is 11.3 Å². The molecule has 3 heterocycles. The molecule has 2 aromatic rings. The van der Waals surface area contributed by atoms with E-state index in [-0.39, 0.29) is 12.2 Å². The van der Waals surface area contributed by atoms with Crippen LogP contribution in [0.2, 0.25) is 0 Å². The first-order valence-corrected chi connectivity index (χ1v) is 8.49. The highest BCUT2D eigenvalue weighted by Gasteiger charge is 2.30. The number of ether oxygens (including phenoxy) is 1. The van der Waals surface area contributed by atoms with E-state index in [1.807, 2.05) is 12.3 Å². The van der Waals surface area contributed by atoms with Crippen molar-refractivity contribution in [2.75, 3.05) is 18.0 Å². The van der Waals surface area contributed by atoms with Gasteiger partial charge < -0.3 is 9.64 Å². The fourth-order valence-corrected chi connectivity index (χ4v) is 3.56. The molecule has 0 spiro atoms. The Hall–Kier alpha value is -1.46. The normalized spacial score (nSPS) is 26.0. The Morgan fingerprint density at radius 1 is 1.29 bits per heavy atom. The second kappa shape index (κ2) is 5.39. The summed E-state index contributed by atoms with van der Waals surface area (Å²) in [6.45, 7) is 3.89. The number of anilines is 1. The van der Waals surface area contributed by atoms with Gasteiger partial charge in [-0.1, -0.05) is 0 Å². The number of morpholine rings is 1. The van der Waals surface area contributed by atoms with Crippen molar-refractivity contribution >= 4 is 17.2 Å². The summed E-state index contributed by atoms with van der Waals surface area (Å²) in [5.74, 6) is 2.65. The maximum absolute atomic E-state index is 6.09. The molecule has 1 saturated carbocycles. The highest BCUT2D eigenvalue weighted by atomic mass is 32.1. The van der Waals surface area contributed by atoms with E-state index < -0.39 is 0 Å². The van der Waals surface area contributed by atoms with Gasteiger partial charge in [-0.3, -0.25) is 0 Å². The van der Waals surface area contributed by atoms with Crippen LogP contribution in [0.25, 0.3) is 0 Å². The smallest absolute Gasteiger partial charge is 0.133 e. The highest BCUT2D eigenvalue weighted by Crippen LogP contribution is 2.38. The van der Waals surface area contributed by atoms with Gasteiger partial charge in [0, 0.05) is 25.2 Å². The third-order valence-corrected chi connectivity index (χ3v) is 4.80. The highest BCUT2D eigenvalue weighted by molar-refractivity contribution is 7.07. The molecule has 5 heteroatoms. The number of hydrogen-bond donors (Lipinski definition) is 0. The molecule has 0 bridgehead atoms. The first kappa shape index (κ1) is 13.2. The number of nitrogens with zero attached hydrogens (tertiary/aromatic N) is 3. The number of rotatable bonds is 3. The standard InChI is InChI=1S/C16H19N3OS/c1-11-8-19(9-14(20-11)13-5-7-21-10-13)15-4-6-17-16(18-15)12-2-3-12/h4-7,10-12,14H,2-3,8-9H2,1H3. The Kier molecular flexibility index (Phi) is 3.39. The summed E-state index contributed by atoms with van der Waals surface area (Å²) in [5.41, 5.74) is 1.27. The quantitative estimate of drug-likeness (QED) is 0.871. The van der Waals surface area contributed by atoms with Gasteiger partial charge in [0.2, 0.25) is 0 Å². The minimum Gasteiger partial charge on any atom is -0.367 e. The summed E-state index contributed by atoms with van der Waals surface area (Å²) in [6, 6.07) is 4.18. The minimum atomic E-state index is 0.138. The predicted molar refractivity (Wildman–Crippen MR) is 83.8 cm³/mol. The molecule has 2 atom stereocenters. The molecule has 0 N–H and O–H groups in total. The zero-order chi connectivity index (χ0) is 14.2. The van der Waals surface area contributed by atoms with Crippen LogP contribution in [0, 0.1) is 0 Å². The Morgan fingerprint density at radius 3 is 2.95 bits per heavy atom. The summed E-state index contributed by atoms with van der Waals surface area (Å²) >= 11 is 1.72. The molecule has 0 amide bonds. The second-order valence-electron chi connectivity index (χ2n) is 5.94. The summed E-state index contributed by atoms with van der Waals surface area (Å²) < 4.78 is 6.09. The molecule has 0 radical (unpaired) electrons. The maximum Gasteiger partial charge on any atom is 0.133 e. The Morgan fingerprint density at radius 2 is 2.19 bits per heavy atom. The zero-order valence-electron chi connectivity index (χ0n) is 12.1. The molecular formula is C16H19N3OS. The average molecular weight is 301 g/mol.